The topological polar surface area (TPSA) is 89.9 Å². The van der Waals surface area contributed by atoms with Gasteiger partial charge in [0.2, 0.25) is 0 Å². The van der Waals surface area contributed by atoms with E-state index in [1.165, 1.54) is 0 Å². The molecular weight excluding hydrogens is 212 g/mol. The van der Waals surface area contributed by atoms with Gasteiger partial charge in [-0.2, -0.15) is 0 Å². The van der Waals surface area contributed by atoms with E-state index < -0.39 is 24.1 Å². The van der Waals surface area contributed by atoms with Crippen LogP contribution in [0.3, 0.4) is 0 Å². The first kappa shape index (κ1) is 12.5. The Bertz CT molecular complexity index is 293. The fraction of sp³-hybridized carbons (Fsp3) is 0.600. The highest BCUT2D eigenvalue weighted by Crippen LogP contribution is 2.17. The molecule has 1 aliphatic rings. The normalized spacial score (nSPS) is 24.2. The zero-order chi connectivity index (χ0) is 12.1. The third kappa shape index (κ3) is 2.96. The van der Waals surface area contributed by atoms with Gasteiger partial charge >= 0.3 is 12.0 Å². The van der Waals surface area contributed by atoms with Crippen molar-refractivity contribution >= 4 is 12.0 Å². The molecule has 3 N–H and O–H groups in total. The summed E-state index contributed by atoms with van der Waals surface area (Å²) in [5.74, 6) is -1.09. The molecule has 1 heterocycles. The number of carbonyl (C=O) groups excluding carboxylic acids is 1. The SMILES string of the molecule is C=CCCNC(=O)N1C[C@H](O)C[C@@H]1C(=O)O. The predicted octanol–water partition coefficient (Wildman–Crippen LogP) is -0.208. The van der Waals surface area contributed by atoms with Crippen LogP contribution in [0.25, 0.3) is 0 Å². The fourth-order valence-corrected chi connectivity index (χ4v) is 1.66. The number of aliphatic hydroxyl groups is 1. The second-order valence-electron chi connectivity index (χ2n) is 3.71. The molecule has 0 aromatic carbocycles. The van der Waals surface area contributed by atoms with Crippen molar-refractivity contribution in [3.8, 4) is 0 Å². The molecule has 2 amide bonds. The van der Waals surface area contributed by atoms with Crippen LogP contribution in [0, 0.1) is 0 Å². The number of carboxylic acids is 1. The minimum Gasteiger partial charge on any atom is -0.480 e. The number of urea groups is 1. The lowest BCUT2D eigenvalue weighted by Crippen LogP contribution is -2.46. The Morgan fingerprint density at radius 3 is 2.81 bits per heavy atom. The van der Waals surface area contributed by atoms with Crippen molar-refractivity contribution in [2.75, 3.05) is 13.1 Å². The molecule has 0 aromatic rings. The van der Waals surface area contributed by atoms with E-state index in [1.54, 1.807) is 6.08 Å². The molecule has 0 spiro atoms. The summed E-state index contributed by atoms with van der Waals surface area (Å²) in [7, 11) is 0. The molecule has 0 saturated carbocycles. The molecule has 1 saturated heterocycles. The number of carboxylic acid groups (broad SMARTS) is 1. The summed E-state index contributed by atoms with van der Waals surface area (Å²) in [6.07, 6.45) is 1.61. The summed E-state index contributed by atoms with van der Waals surface area (Å²) < 4.78 is 0. The Kier molecular flexibility index (Phi) is 4.30. The molecule has 1 fully saturated rings. The maximum atomic E-state index is 11.6. The third-order valence-corrected chi connectivity index (χ3v) is 2.45. The summed E-state index contributed by atoms with van der Waals surface area (Å²) in [6.45, 7) is 4.00. The number of likely N-dealkylation sites (tertiary alicyclic amines) is 1. The molecule has 0 bridgehead atoms. The quantitative estimate of drug-likeness (QED) is 0.459. The Hall–Kier alpha value is -1.56. The van der Waals surface area contributed by atoms with Crippen molar-refractivity contribution < 1.29 is 19.8 Å². The van der Waals surface area contributed by atoms with Crippen LogP contribution in [0.4, 0.5) is 4.79 Å². The summed E-state index contributed by atoms with van der Waals surface area (Å²) >= 11 is 0. The Balaban J connectivity index is 2.53. The number of hydrogen-bond donors (Lipinski definition) is 3. The van der Waals surface area contributed by atoms with Gasteiger partial charge in [0, 0.05) is 19.5 Å². The Morgan fingerprint density at radius 2 is 2.25 bits per heavy atom. The molecular formula is C10H16N2O4. The van der Waals surface area contributed by atoms with Crippen LogP contribution in [-0.4, -0.2) is 52.3 Å². The molecule has 0 unspecified atom stereocenters. The van der Waals surface area contributed by atoms with Gasteiger partial charge in [-0.05, 0) is 6.42 Å². The molecule has 1 aliphatic heterocycles. The van der Waals surface area contributed by atoms with Crippen LogP contribution in [-0.2, 0) is 4.79 Å². The highest BCUT2D eigenvalue weighted by atomic mass is 16.4. The molecule has 16 heavy (non-hydrogen) atoms. The lowest BCUT2D eigenvalue weighted by molar-refractivity contribution is -0.141. The van der Waals surface area contributed by atoms with Gasteiger partial charge in [0.1, 0.15) is 6.04 Å². The second-order valence-corrected chi connectivity index (χ2v) is 3.71. The largest absolute Gasteiger partial charge is 0.480 e. The van der Waals surface area contributed by atoms with E-state index in [0.29, 0.717) is 13.0 Å². The molecule has 6 heteroatoms. The number of hydrogen-bond acceptors (Lipinski definition) is 3. The Morgan fingerprint density at radius 1 is 1.56 bits per heavy atom. The van der Waals surface area contributed by atoms with E-state index in [9.17, 15) is 14.7 Å². The van der Waals surface area contributed by atoms with Crippen molar-refractivity contribution in [1.29, 1.82) is 0 Å². The summed E-state index contributed by atoms with van der Waals surface area (Å²) in [4.78, 5) is 23.6. The van der Waals surface area contributed by atoms with Gasteiger partial charge in [-0.15, -0.1) is 6.58 Å². The van der Waals surface area contributed by atoms with Crippen molar-refractivity contribution in [2.45, 2.75) is 25.0 Å². The van der Waals surface area contributed by atoms with Crippen LogP contribution >= 0.6 is 0 Å². The number of aliphatic carboxylic acids is 1. The number of aliphatic hydroxyl groups excluding tert-OH is 1. The maximum absolute atomic E-state index is 11.6. The first-order valence-electron chi connectivity index (χ1n) is 5.12. The first-order chi connectivity index (χ1) is 7.56. The molecule has 2 atom stereocenters. The molecule has 90 valence electrons. The molecule has 0 radical (unpaired) electrons. The lowest BCUT2D eigenvalue weighted by atomic mass is 10.2. The van der Waals surface area contributed by atoms with Crippen LogP contribution < -0.4 is 5.32 Å². The number of nitrogens with one attached hydrogen (secondary N) is 1. The number of β-amino-alcohol motifs (C(OH)–C–C–N with tert-alkyl or cyclic N) is 1. The van der Waals surface area contributed by atoms with Crippen LogP contribution in [0.1, 0.15) is 12.8 Å². The van der Waals surface area contributed by atoms with E-state index >= 15 is 0 Å². The van der Waals surface area contributed by atoms with Crippen molar-refractivity contribution in [3.63, 3.8) is 0 Å². The summed E-state index contributed by atoms with van der Waals surface area (Å²) in [6, 6.07) is -1.38. The van der Waals surface area contributed by atoms with Gasteiger partial charge in [0.05, 0.1) is 6.10 Å². The summed E-state index contributed by atoms with van der Waals surface area (Å²) in [5, 5.41) is 20.8. The van der Waals surface area contributed by atoms with Crippen LogP contribution in [0.5, 0.6) is 0 Å². The van der Waals surface area contributed by atoms with Gasteiger partial charge < -0.3 is 20.4 Å². The minimum atomic E-state index is -1.09. The van der Waals surface area contributed by atoms with E-state index in [0.717, 1.165) is 4.90 Å². The predicted molar refractivity (Wildman–Crippen MR) is 57.0 cm³/mol. The van der Waals surface area contributed by atoms with Gasteiger partial charge in [0.25, 0.3) is 0 Å². The number of rotatable bonds is 4. The minimum absolute atomic E-state index is 0.0664. The van der Waals surface area contributed by atoms with Gasteiger partial charge in [-0.3, -0.25) is 0 Å². The van der Waals surface area contributed by atoms with Gasteiger partial charge in [0.15, 0.2) is 0 Å². The van der Waals surface area contributed by atoms with E-state index in [4.69, 9.17) is 5.11 Å². The first-order valence-corrected chi connectivity index (χ1v) is 5.12. The molecule has 1 rings (SSSR count). The lowest BCUT2D eigenvalue weighted by Gasteiger charge is -2.21. The van der Waals surface area contributed by atoms with E-state index in [-0.39, 0.29) is 13.0 Å². The number of nitrogens with zero attached hydrogens (tertiary/aromatic N) is 1. The molecule has 0 aliphatic carbocycles. The fourth-order valence-electron chi connectivity index (χ4n) is 1.66. The second kappa shape index (κ2) is 5.50. The third-order valence-electron chi connectivity index (χ3n) is 2.45. The van der Waals surface area contributed by atoms with E-state index in [2.05, 4.69) is 11.9 Å². The van der Waals surface area contributed by atoms with Gasteiger partial charge in [-0.1, -0.05) is 6.08 Å². The van der Waals surface area contributed by atoms with Crippen LogP contribution in [0.15, 0.2) is 12.7 Å². The van der Waals surface area contributed by atoms with Crippen molar-refractivity contribution in [1.82, 2.24) is 10.2 Å². The zero-order valence-corrected chi connectivity index (χ0v) is 8.93. The average molecular weight is 228 g/mol. The van der Waals surface area contributed by atoms with Gasteiger partial charge in [-0.25, -0.2) is 9.59 Å². The maximum Gasteiger partial charge on any atom is 0.326 e. The monoisotopic (exact) mass is 228 g/mol. The number of amides is 2. The zero-order valence-electron chi connectivity index (χ0n) is 8.93. The number of carbonyl (C=O) groups is 2. The molecule has 0 aromatic heterocycles. The van der Waals surface area contributed by atoms with Crippen molar-refractivity contribution in [2.24, 2.45) is 0 Å². The average Bonchev–Trinajstić information content (AvgIpc) is 2.61. The smallest absolute Gasteiger partial charge is 0.326 e. The highest BCUT2D eigenvalue weighted by Gasteiger charge is 2.38. The standard InChI is InChI=1S/C10H16N2O4/c1-2-3-4-11-10(16)12-6-7(13)5-8(12)9(14)15/h2,7-8,13H,1,3-6H2,(H,11,16)(H,14,15)/t7-,8-/m1/s1. The highest BCUT2D eigenvalue weighted by molar-refractivity contribution is 5.83. The van der Waals surface area contributed by atoms with Crippen LogP contribution in [0.2, 0.25) is 0 Å². The summed E-state index contributed by atoms with van der Waals surface area (Å²) in [5.41, 5.74) is 0. The Labute approximate surface area is 93.5 Å². The molecule has 6 nitrogen and oxygen atoms in total. The van der Waals surface area contributed by atoms with E-state index in [1.807, 2.05) is 0 Å². The van der Waals surface area contributed by atoms with Crippen molar-refractivity contribution in [3.05, 3.63) is 12.7 Å².